The van der Waals surface area contributed by atoms with Crippen molar-refractivity contribution < 1.29 is 9.47 Å². The van der Waals surface area contributed by atoms with Crippen molar-refractivity contribution in [3.05, 3.63) is 29.8 Å². The Morgan fingerprint density at radius 3 is 2.33 bits per heavy atom. The van der Waals surface area contributed by atoms with Gasteiger partial charge in [-0.3, -0.25) is 0 Å². The van der Waals surface area contributed by atoms with Gasteiger partial charge in [-0.2, -0.15) is 0 Å². The van der Waals surface area contributed by atoms with Crippen molar-refractivity contribution in [3.63, 3.8) is 0 Å². The zero-order valence-electron chi connectivity index (χ0n) is 11.9. The lowest BCUT2D eigenvalue weighted by Gasteiger charge is -2.20. The molecule has 0 spiro atoms. The van der Waals surface area contributed by atoms with Crippen LogP contribution in [0.1, 0.15) is 38.8 Å². The number of benzene rings is 1. The van der Waals surface area contributed by atoms with Gasteiger partial charge in [0.15, 0.2) is 0 Å². The molecule has 0 saturated carbocycles. The normalized spacial score (nSPS) is 14.2. The van der Waals surface area contributed by atoms with Gasteiger partial charge in [0.05, 0.1) is 13.2 Å². The molecule has 0 aliphatic heterocycles. The van der Waals surface area contributed by atoms with Gasteiger partial charge in [0, 0.05) is 19.2 Å². The number of hydrogen-bond acceptors (Lipinski definition) is 3. The predicted octanol–water partition coefficient (Wildman–Crippen LogP) is 3.16. The van der Waals surface area contributed by atoms with E-state index >= 15 is 0 Å². The van der Waals surface area contributed by atoms with Crippen molar-refractivity contribution in [2.45, 2.75) is 39.3 Å². The zero-order valence-corrected chi connectivity index (χ0v) is 11.9. The number of rotatable bonds is 8. The molecule has 1 N–H and O–H groups in total. The van der Waals surface area contributed by atoms with Crippen LogP contribution in [-0.4, -0.2) is 26.4 Å². The highest BCUT2D eigenvalue weighted by molar-refractivity contribution is 5.29. The van der Waals surface area contributed by atoms with Crippen LogP contribution in [0, 0.1) is 0 Å². The standard InChI is InChI=1S/C15H25NO2/c1-5-15(16-11-12(3)18-6-2)13-7-9-14(17-4)10-8-13/h7-10,12,15-16H,5-6,11H2,1-4H3. The second kappa shape index (κ2) is 8.11. The molecule has 2 atom stereocenters. The Morgan fingerprint density at radius 2 is 1.83 bits per heavy atom. The summed E-state index contributed by atoms with van der Waals surface area (Å²) < 4.78 is 10.7. The summed E-state index contributed by atoms with van der Waals surface area (Å²) in [5.74, 6) is 0.899. The van der Waals surface area contributed by atoms with E-state index in [9.17, 15) is 0 Å². The van der Waals surface area contributed by atoms with Crippen molar-refractivity contribution in [2.24, 2.45) is 0 Å². The van der Waals surface area contributed by atoms with Crippen molar-refractivity contribution in [1.29, 1.82) is 0 Å². The minimum atomic E-state index is 0.252. The largest absolute Gasteiger partial charge is 0.497 e. The molecule has 3 nitrogen and oxygen atoms in total. The van der Waals surface area contributed by atoms with E-state index in [0.29, 0.717) is 6.04 Å². The van der Waals surface area contributed by atoms with Gasteiger partial charge in [0.1, 0.15) is 5.75 Å². The van der Waals surface area contributed by atoms with Gasteiger partial charge in [0.2, 0.25) is 0 Å². The van der Waals surface area contributed by atoms with Crippen molar-refractivity contribution in [1.82, 2.24) is 5.32 Å². The van der Waals surface area contributed by atoms with Gasteiger partial charge >= 0.3 is 0 Å². The van der Waals surface area contributed by atoms with Crippen molar-refractivity contribution >= 4 is 0 Å². The average Bonchev–Trinajstić information content (AvgIpc) is 2.40. The van der Waals surface area contributed by atoms with Crippen LogP contribution in [0.15, 0.2) is 24.3 Å². The maximum absolute atomic E-state index is 5.53. The first-order valence-corrected chi connectivity index (χ1v) is 6.70. The molecule has 18 heavy (non-hydrogen) atoms. The van der Waals surface area contributed by atoms with Gasteiger partial charge in [0.25, 0.3) is 0 Å². The Labute approximate surface area is 110 Å². The van der Waals surface area contributed by atoms with Gasteiger partial charge in [-0.1, -0.05) is 19.1 Å². The lowest BCUT2D eigenvalue weighted by atomic mass is 10.0. The number of nitrogens with one attached hydrogen (secondary N) is 1. The summed E-state index contributed by atoms with van der Waals surface area (Å²) >= 11 is 0. The van der Waals surface area contributed by atoms with Crippen LogP contribution in [0.25, 0.3) is 0 Å². The van der Waals surface area contributed by atoms with E-state index in [2.05, 4.69) is 31.3 Å². The smallest absolute Gasteiger partial charge is 0.118 e. The summed E-state index contributed by atoms with van der Waals surface area (Å²) in [6.07, 6.45) is 1.31. The third-order valence-corrected chi connectivity index (χ3v) is 3.03. The minimum Gasteiger partial charge on any atom is -0.497 e. The van der Waals surface area contributed by atoms with Gasteiger partial charge in [-0.15, -0.1) is 0 Å². The second-order valence-corrected chi connectivity index (χ2v) is 4.41. The molecular formula is C15H25NO2. The molecule has 0 heterocycles. The first-order valence-electron chi connectivity index (χ1n) is 6.70. The molecule has 0 amide bonds. The van der Waals surface area contributed by atoms with Crippen LogP contribution in [-0.2, 0) is 4.74 Å². The fourth-order valence-electron chi connectivity index (χ4n) is 1.99. The van der Waals surface area contributed by atoms with Crippen LogP contribution in [0.3, 0.4) is 0 Å². The van der Waals surface area contributed by atoms with E-state index in [1.54, 1.807) is 7.11 Å². The van der Waals surface area contributed by atoms with E-state index in [4.69, 9.17) is 9.47 Å². The fraction of sp³-hybridized carbons (Fsp3) is 0.600. The Balaban J connectivity index is 2.53. The number of ether oxygens (including phenoxy) is 2. The molecule has 0 fully saturated rings. The highest BCUT2D eigenvalue weighted by Crippen LogP contribution is 2.20. The lowest BCUT2D eigenvalue weighted by Crippen LogP contribution is -2.30. The molecule has 1 aromatic carbocycles. The molecule has 0 aliphatic carbocycles. The quantitative estimate of drug-likeness (QED) is 0.770. The predicted molar refractivity (Wildman–Crippen MR) is 75.1 cm³/mol. The molecule has 0 saturated heterocycles. The Morgan fingerprint density at radius 1 is 1.17 bits per heavy atom. The molecule has 2 unspecified atom stereocenters. The third kappa shape index (κ3) is 4.67. The second-order valence-electron chi connectivity index (χ2n) is 4.41. The number of methoxy groups -OCH3 is 1. The summed E-state index contributed by atoms with van der Waals surface area (Å²) in [5, 5.41) is 3.54. The highest BCUT2D eigenvalue weighted by atomic mass is 16.5. The topological polar surface area (TPSA) is 30.5 Å². The van der Waals surface area contributed by atoms with E-state index in [1.807, 2.05) is 19.1 Å². The molecule has 0 aliphatic rings. The van der Waals surface area contributed by atoms with E-state index in [0.717, 1.165) is 25.3 Å². The maximum Gasteiger partial charge on any atom is 0.118 e. The molecule has 1 aromatic rings. The average molecular weight is 251 g/mol. The zero-order chi connectivity index (χ0) is 13.4. The highest BCUT2D eigenvalue weighted by Gasteiger charge is 2.10. The van der Waals surface area contributed by atoms with Crippen LogP contribution in [0.4, 0.5) is 0 Å². The van der Waals surface area contributed by atoms with Crippen molar-refractivity contribution in [2.75, 3.05) is 20.3 Å². The maximum atomic E-state index is 5.53. The van der Waals surface area contributed by atoms with Gasteiger partial charge in [-0.25, -0.2) is 0 Å². The summed E-state index contributed by atoms with van der Waals surface area (Å²) in [4.78, 5) is 0. The first kappa shape index (κ1) is 15.0. The van der Waals surface area contributed by atoms with E-state index in [-0.39, 0.29) is 6.10 Å². The summed E-state index contributed by atoms with van der Waals surface area (Å²) in [5.41, 5.74) is 1.29. The molecule has 0 aromatic heterocycles. The first-order chi connectivity index (χ1) is 8.71. The van der Waals surface area contributed by atoms with E-state index < -0.39 is 0 Å². The third-order valence-electron chi connectivity index (χ3n) is 3.03. The Kier molecular flexibility index (Phi) is 6.76. The van der Waals surface area contributed by atoms with Crippen LogP contribution in [0.2, 0.25) is 0 Å². The lowest BCUT2D eigenvalue weighted by molar-refractivity contribution is 0.0738. The molecular weight excluding hydrogens is 226 g/mol. The minimum absolute atomic E-state index is 0.252. The molecule has 102 valence electrons. The molecule has 0 radical (unpaired) electrons. The number of hydrogen-bond donors (Lipinski definition) is 1. The fourth-order valence-corrected chi connectivity index (χ4v) is 1.99. The Bertz CT molecular complexity index is 324. The van der Waals surface area contributed by atoms with Gasteiger partial charge < -0.3 is 14.8 Å². The van der Waals surface area contributed by atoms with Crippen LogP contribution in [0.5, 0.6) is 5.75 Å². The van der Waals surface area contributed by atoms with E-state index in [1.165, 1.54) is 5.56 Å². The monoisotopic (exact) mass is 251 g/mol. The summed E-state index contributed by atoms with van der Waals surface area (Å²) in [6.45, 7) is 7.95. The van der Waals surface area contributed by atoms with Crippen LogP contribution < -0.4 is 10.1 Å². The molecule has 0 bridgehead atoms. The molecule has 3 heteroatoms. The van der Waals surface area contributed by atoms with Crippen LogP contribution >= 0.6 is 0 Å². The Hall–Kier alpha value is -1.06. The summed E-state index contributed by atoms with van der Waals surface area (Å²) in [6, 6.07) is 8.62. The van der Waals surface area contributed by atoms with Crippen molar-refractivity contribution in [3.8, 4) is 5.75 Å². The SMILES string of the molecule is CCOC(C)CNC(CC)c1ccc(OC)cc1. The summed E-state index contributed by atoms with van der Waals surface area (Å²) in [7, 11) is 1.69. The molecule has 1 rings (SSSR count). The van der Waals surface area contributed by atoms with Gasteiger partial charge in [-0.05, 0) is 38.0 Å².